The summed E-state index contributed by atoms with van der Waals surface area (Å²) in [5.41, 5.74) is 2.39. The largest absolute Gasteiger partial charge is 0.493 e. The van der Waals surface area contributed by atoms with Crippen LogP contribution in [0.2, 0.25) is 0 Å². The summed E-state index contributed by atoms with van der Waals surface area (Å²) in [6.45, 7) is 7.94. The first-order valence-corrected chi connectivity index (χ1v) is 14.5. The number of fused-ring (bicyclic) bond motifs is 1. The molecular formula is C32H42FN3O7. The summed E-state index contributed by atoms with van der Waals surface area (Å²) in [7, 11) is 4.45. The molecule has 2 aliphatic rings. The first kappa shape index (κ1) is 32.1. The van der Waals surface area contributed by atoms with Crippen LogP contribution in [0.15, 0.2) is 18.2 Å². The minimum atomic E-state index is -0.836. The number of halogens is 1. The third kappa shape index (κ3) is 6.87. The molecular weight excluding hydrogens is 557 g/mol. The standard InChI is InChI=1S/C32H42FN3O7/c1-32(2,3)22-13-19(14-23(35-11-10-21(17-35)40-4)29(22)43-12-8-7-9-26(38)39)24(37)18-36-16-20-15-25(41-5)30(42-6)28(33)27(20)31(36)34/h13-15,21,34H,7-12,16-18H2,1-6H3,(H,38,39). The maximum absolute atomic E-state index is 15.3. The van der Waals surface area contributed by atoms with Crippen LogP contribution >= 0.6 is 0 Å². The Hall–Kier alpha value is -3.86. The lowest BCUT2D eigenvalue weighted by Crippen LogP contribution is -2.31. The number of carboxylic acids is 1. The zero-order valence-electron chi connectivity index (χ0n) is 25.8. The second kappa shape index (κ2) is 13.2. The summed E-state index contributed by atoms with van der Waals surface area (Å²) in [6, 6.07) is 5.33. The highest BCUT2D eigenvalue weighted by Gasteiger charge is 2.34. The average molecular weight is 600 g/mol. The minimum Gasteiger partial charge on any atom is -0.493 e. The van der Waals surface area contributed by atoms with Gasteiger partial charge in [-0.25, -0.2) is 4.39 Å². The van der Waals surface area contributed by atoms with Crippen LogP contribution in [0.1, 0.15) is 73.5 Å². The van der Waals surface area contributed by atoms with Crippen LogP contribution in [0.3, 0.4) is 0 Å². The molecule has 0 aliphatic carbocycles. The second-order valence-electron chi connectivity index (χ2n) is 12.0. The molecule has 2 aliphatic heterocycles. The Labute approximate surface area is 252 Å². The molecule has 1 unspecified atom stereocenters. The van der Waals surface area contributed by atoms with Gasteiger partial charge in [-0.15, -0.1) is 0 Å². The number of nitrogens with one attached hydrogen (secondary N) is 1. The Morgan fingerprint density at radius 1 is 1.09 bits per heavy atom. The molecule has 1 atom stereocenters. The number of carbonyl (C=O) groups is 2. The zero-order valence-corrected chi connectivity index (χ0v) is 25.8. The predicted molar refractivity (Wildman–Crippen MR) is 161 cm³/mol. The van der Waals surface area contributed by atoms with E-state index in [2.05, 4.69) is 25.7 Å². The van der Waals surface area contributed by atoms with Crippen LogP contribution in [0.5, 0.6) is 17.2 Å². The van der Waals surface area contributed by atoms with Crippen molar-refractivity contribution in [3.63, 3.8) is 0 Å². The van der Waals surface area contributed by atoms with Crippen LogP contribution in [0.4, 0.5) is 10.1 Å². The van der Waals surface area contributed by atoms with Crippen molar-refractivity contribution in [2.24, 2.45) is 0 Å². The summed E-state index contributed by atoms with van der Waals surface area (Å²) < 4.78 is 37.7. The van der Waals surface area contributed by atoms with Crippen molar-refractivity contribution in [2.45, 2.75) is 64.5 Å². The lowest BCUT2D eigenvalue weighted by atomic mass is 9.84. The molecule has 0 spiro atoms. The fraction of sp³-hybridized carbons (Fsp3) is 0.531. The molecule has 11 heteroatoms. The van der Waals surface area contributed by atoms with Crippen molar-refractivity contribution in [2.75, 3.05) is 52.5 Å². The highest BCUT2D eigenvalue weighted by Crippen LogP contribution is 2.42. The number of Topliss-reactive ketones (excluding diaryl/α,β-unsaturated/α-hetero) is 1. The maximum Gasteiger partial charge on any atom is 0.303 e. The summed E-state index contributed by atoms with van der Waals surface area (Å²) >= 11 is 0. The monoisotopic (exact) mass is 599 g/mol. The van der Waals surface area contributed by atoms with Gasteiger partial charge in [-0.2, -0.15) is 0 Å². The minimum absolute atomic E-state index is 0.0494. The number of rotatable bonds is 13. The van der Waals surface area contributed by atoms with E-state index in [0.29, 0.717) is 42.9 Å². The van der Waals surface area contributed by atoms with Gasteiger partial charge in [0.1, 0.15) is 11.6 Å². The van der Waals surface area contributed by atoms with Gasteiger partial charge >= 0.3 is 5.97 Å². The van der Waals surface area contributed by atoms with E-state index in [4.69, 9.17) is 29.5 Å². The number of methoxy groups -OCH3 is 3. The molecule has 0 amide bonds. The van der Waals surface area contributed by atoms with Crippen LogP contribution in [0, 0.1) is 11.2 Å². The molecule has 0 bridgehead atoms. The molecule has 0 aromatic heterocycles. The molecule has 0 radical (unpaired) electrons. The maximum atomic E-state index is 15.3. The molecule has 0 saturated carbocycles. The van der Waals surface area contributed by atoms with E-state index >= 15 is 4.39 Å². The number of carboxylic acid groups (broad SMARTS) is 1. The SMILES string of the molecule is COc1cc2c(c(F)c1OC)C(=N)N(CC(=O)c1cc(N3CCC(OC)C3)c(OCCCCC(=O)O)c(C(C)(C)C)c1)C2. The van der Waals surface area contributed by atoms with Crippen molar-refractivity contribution < 1.29 is 38.0 Å². The summed E-state index contributed by atoms with van der Waals surface area (Å²) in [6.07, 6.45) is 2.05. The van der Waals surface area contributed by atoms with E-state index in [1.165, 1.54) is 14.2 Å². The van der Waals surface area contributed by atoms with E-state index in [-0.39, 0.29) is 59.7 Å². The van der Waals surface area contributed by atoms with Crippen LogP contribution < -0.4 is 19.1 Å². The van der Waals surface area contributed by atoms with Gasteiger partial charge in [0.05, 0.1) is 44.7 Å². The quantitative estimate of drug-likeness (QED) is 0.241. The van der Waals surface area contributed by atoms with Gasteiger partial charge in [0.2, 0.25) is 0 Å². The smallest absolute Gasteiger partial charge is 0.303 e. The molecule has 1 fully saturated rings. The predicted octanol–water partition coefficient (Wildman–Crippen LogP) is 5.02. The van der Waals surface area contributed by atoms with Crippen molar-refractivity contribution >= 4 is 23.3 Å². The Morgan fingerprint density at radius 2 is 1.84 bits per heavy atom. The van der Waals surface area contributed by atoms with Crippen molar-refractivity contribution in [3.8, 4) is 17.2 Å². The summed E-state index contributed by atoms with van der Waals surface area (Å²) in [4.78, 5) is 28.5. The zero-order chi connectivity index (χ0) is 31.5. The molecule has 2 aromatic rings. The number of ketones is 1. The average Bonchev–Trinajstić information content (AvgIpc) is 3.56. The van der Waals surface area contributed by atoms with Gasteiger partial charge in [-0.1, -0.05) is 20.8 Å². The highest BCUT2D eigenvalue weighted by molar-refractivity contribution is 6.06. The molecule has 10 nitrogen and oxygen atoms in total. The molecule has 2 heterocycles. The first-order chi connectivity index (χ1) is 20.4. The van der Waals surface area contributed by atoms with Gasteiger partial charge in [-0.05, 0) is 48.4 Å². The number of amidine groups is 1. The highest BCUT2D eigenvalue weighted by atomic mass is 19.1. The van der Waals surface area contributed by atoms with Crippen LogP contribution in [-0.4, -0.2) is 81.3 Å². The normalized spacial score (nSPS) is 16.4. The van der Waals surface area contributed by atoms with E-state index in [1.54, 1.807) is 18.1 Å². The fourth-order valence-electron chi connectivity index (χ4n) is 5.63. The molecule has 43 heavy (non-hydrogen) atoms. The number of aliphatic carboxylic acids is 1. The van der Waals surface area contributed by atoms with Crippen molar-refractivity contribution in [3.05, 3.63) is 46.3 Å². The van der Waals surface area contributed by atoms with E-state index in [0.717, 1.165) is 24.2 Å². The fourth-order valence-corrected chi connectivity index (χ4v) is 5.63. The van der Waals surface area contributed by atoms with Crippen molar-refractivity contribution in [1.29, 1.82) is 5.41 Å². The second-order valence-corrected chi connectivity index (χ2v) is 12.0. The Kier molecular flexibility index (Phi) is 9.84. The lowest BCUT2D eigenvalue weighted by molar-refractivity contribution is -0.137. The molecule has 234 valence electrons. The third-order valence-corrected chi connectivity index (χ3v) is 7.99. The third-order valence-electron chi connectivity index (χ3n) is 7.99. The molecule has 2 N–H and O–H groups in total. The van der Waals surface area contributed by atoms with Gasteiger partial charge < -0.3 is 33.9 Å². The van der Waals surface area contributed by atoms with E-state index in [9.17, 15) is 9.59 Å². The van der Waals surface area contributed by atoms with Gasteiger partial charge in [0.25, 0.3) is 0 Å². The number of unbranched alkanes of at least 4 members (excludes halogenated alkanes) is 1. The summed E-state index contributed by atoms with van der Waals surface area (Å²) in [5, 5.41) is 17.7. The number of carbonyl (C=O) groups excluding carboxylic acids is 1. The summed E-state index contributed by atoms with van der Waals surface area (Å²) in [5.74, 6) is -0.966. The molecule has 1 saturated heterocycles. The van der Waals surface area contributed by atoms with E-state index in [1.807, 2.05) is 12.1 Å². The molecule has 2 aromatic carbocycles. The lowest BCUT2D eigenvalue weighted by Gasteiger charge is -2.30. The number of benzene rings is 2. The Morgan fingerprint density at radius 3 is 2.44 bits per heavy atom. The van der Waals surface area contributed by atoms with Gasteiger partial charge in [-0.3, -0.25) is 15.0 Å². The van der Waals surface area contributed by atoms with Gasteiger partial charge in [0.15, 0.2) is 23.1 Å². The number of hydrogen-bond donors (Lipinski definition) is 2. The Balaban J connectivity index is 1.66. The number of anilines is 1. The van der Waals surface area contributed by atoms with Crippen molar-refractivity contribution in [1.82, 2.24) is 4.90 Å². The number of hydrogen-bond acceptors (Lipinski definition) is 8. The Bertz CT molecular complexity index is 1390. The van der Waals surface area contributed by atoms with E-state index < -0.39 is 11.8 Å². The topological polar surface area (TPSA) is 122 Å². The molecule has 4 rings (SSSR count). The van der Waals surface area contributed by atoms with Crippen LogP contribution in [-0.2, 0) is 21.5 Å². The van der Waals surface area contributed by atoms with Crippen LogP contribution in [0.25, 0.3) is 0 Å². The number of nitrogens with zero attached hydrogens (tertiary/aromatic N) is 2. The van der Waals surface area contributed by atoms with Gasteiger partial charge in [0, 0.05) is 44.3 Å². The first-order valence-electron chi connectivity index (χ1n) is 14.5. The number of ether oxygens (including phenoxy) is 4.